The van der Waals surface area contributed by atoms with Gasteiger partial charge in [-0.25, -0.2) is 23.5 Å². The molecule has 0 N–H and O–H groups in total. The molecule has 0 radical (unpaired) electrons. The number of aromatic nitrogens is 3. The summed E-state index contributed by atoms with van der Waals surface area (Å²) in [5.41, 5.74) is 2.90. The molecule has 1 aromatic heterocycles. The van der Waals surface area contributed by atoms with Crippen LogP contribution in [0.1, 0.15) is 28.8 Å². The van der Waals surface area contributed by atoms with Gasteiger partial charge in [-0.05, 0) is 18.1 Å². The summed E-state index contributed by atoms with van der Waals surface area (Å²) in [6.45, 7) is 2.03. The first-order chi connectivity index (χ1) is 9.09. The molecule has 2 atom stereocenters. The molecule has 2 aliphatic heterocycles. The lowest BCUT2D eigenvalue weighted by Crippen LogP contribution is -2.40. The van der Waals surface area contributed by atoms with Crippen LogP contribution in [-0.2, 0) is 7.05 Å². The Kier molecular flexibility index (Phi) is 1.77. The second-order valence-corrected chi connectivity index (χ2v) is 5.22. The van der Waals surface area contributed by atoms with Crippen molar-refractivity contribution < 1.29 is 0 Å². The Labute approximate surface area is 109 Å². The average Bonchev–Trinajstić information content (AvgIpc) is 2.65. The summed E-state index contributed by atoms with van der Waals surface area (Å²) in [7, 11) is 1.53. The van der Waals surface area contributed by atoms with Gasteiger partial charge in [-0.3, -0.25) is 0 Å². The normalized spacial score (nSPS) is 22.4. The molecule has 19 heavy (non-hydrogen) atoms. The molecular weight excluding hydrogens is 242 g/mol. The molecule has 0 saturated heterocycles. The van der Waals surface area contributed by atoms with Crippen LogP contribution in [0.3, 0.4) is 0 Å². The third-order valence-electron chi connectivity index (χ3n) is 4.08. The van der Waals surface area contributed by atoms with Crippen molar-refractivity contribution in [3.8, 4) is 0 Å². The number of allylic oxidation sites excluding steroid dienone is 2. The maximum atomic E-state index is 12.2. The minimum absolute atomic E-state index is 0.165. The van der Waals surface area contributed by atoms with Gasteiger partial charge in [-0.2, -0.15) is 0 Å². The van der Waals surface area contributed by atoms with Gasteiger partial charge in [0.1, 0.15) is 0 Å². The molecule has 3 heterocycles. The number of benzene rings is 1. The van der Waals surface area contributed by atoms with E-state index in [1.54, 1.807) is 9.36 Å². The summed E-state index contributed by atoms with van der Waals surface area (Å²) in [5, 5.41) is 0. The molecule has 1 aromatic carbocycles. The zero-order valence-corrected chi connectivity index (χ0v) is 10.7. The largest absolute Gasteiger partial charge is 0.347 e. The van der Waals surface area contributed by atoms with E-state index in [9.17, 15) is 9.59 Å². The van der Waals surface area contributed by atoms with Gasteiger partial charge in [0.2, 0.25) is 0 Å². The number of aryl methyl sites for hydroxylation is 1. The van der Waals surface area contributed by atoms with Gasteiger partial charge in [0, 0.05) is 7.05 Å². The third kappa shape index (κ3) is 1.10. The molecule has 5 rings (SSSR count). The van der Waals surface area contributed by atoms with E-state index < -0.39 is 0 Å². The van der Waals surface area contributed by atoms with Crippen LogP contribution < -0.4 is 11.4 Å². The van der Waals surface area contributed by atoms with Crippen molar-refractivity contribution in [2.75, 3.05) is 0 Å². The molecule has 96 valence electrons. The van der Waals surface area contributed by atoms with Crippen LogP contribution in [0.25, 0.3) is 0 Å². The highest BCUT2D eigenvalue weighted by Gasteiger charge is 2.36. The highest BCUT2D eigenvalue weighted by atomic mass is 16.2. The molecule has 0 saturated carbocycles. The van der Waals surface area contributed by atoms with Crippen molar-refractivity contribution in [1.82, 2.24) is 13.9 Å². The number of rotatable bonds is 0. The van der Waals surface area contributed by atoms with E-state index in [0.717, 1.165) is 16.7 Å². The van der Waals surface area contributed by atoms with Crippen LogP contribution in [0.5, 0.6) is 0 Å². The quantitative estimate of drug-likeness (QED) is 0.651. The van der Waals surface area contributed by atoms with Gasteiger partial charge in [0.05, 0.1) is 12.1 Å². The van der Waals surface area contributed by atoms with Crippen molar-refractivity contribution >= 4 is 0 Å². The second kappa shape index (κ2) is 3.17. The summed E-state index contributed by atoms with van der Waals surface area (Å²) in [6, 6.07) is 5.87. The predicted octanol–water partition coefficient (Wildman–Crippen LogP) is 0.719. The molecule has 0 unspecified atom stereocenters. The summed E-state index contributed by atoms with van der Waals surface area (Å²) >= 11 is 0. The Morgan fingerprint density at radius 1 is 0.947 bits per heavy atom. The molecule has 0 fully saturated rings. The lowest BCUT2D eigenvalue weighted by atomic mass is 9.87. The lowest BCUT2D eigenvalue weighted by molar-refractivity contribution is 0.371. The summed E-state index contributed by atoms with van der Waals surface area (Å²) in [5.74, 6) is 0. The van der Waals surface area contributed by atoms with Crippen molar-refractivity contribution in [3.63, 3.8) is 0 Å². The Hall–Kier alpha value is -2.30. The number of hydrogen-bond donors (Lipinski definition) is 0. The SMILES string of the molecule is Cc1ccc2c(c1)[C@@H]1C=C[C@H]2n2c(=O)n(C)c(=O)n21. The fraction of sp³-hybridized carbons (Fsp3) is 0.286. The number of hydrogen-bond acceptors (Lipinski definition) is 2. The zero-order valence-electron chi connectivity index (χ0n) is 10.7. The predicted molar refractivity (Wildman–Crippen MR) is 70.5 cm³/mol. The van der Waals surface area contributed by atoms with E-state index in [2.05, 4.69) is 12.1 Å². The molecule has 3 aliphatic rings. The summed E-state index contributed by atoms with van der Waals surface area (Å²) in [6.07, 6.45) is 4.01. The topological polar surface area (TPSA) is 48.9 Å². The highest BCUT2D eigenvalue weighted by molar-refractivity contribution is 5.45. The van der Waals surface area contributed by atoms with E-state index in [1.807, 2.05) is 25.1 Å². The van der Waals surface area contributed by atoms with E-state index in [-0.39, 0.29) is 23.5 Å². The van der Waals surface area contributed by atoms with Crippen molar-refractivity contribution in [3.05, 3.63) is 68.0 Å². The van der Waals surface area contributed by atoms with Crippen molar-refractivity contribution in [2.24, 2.45) is 7.05 Å². The summed E-state index contributed by atoms with van der Waals surface area (Å²) < 4.78 is 4.30. The van der Waals surface area contributed by atoms with E-state index >= 15 is 0 Å². The van der Waals surface area contributed by atoms with Gasteiger partial charge in [0.25, 0.3) is 0 Å². The molecule has 5 nitrogen and oxygen atoms in total. The number of nitrogens with zero attached hydrogens (tertiary/aromatic N) is 3. The Morgan fingerprint density at radius 2 is 1.53 bits per heavy atom. The van der Waals surface area contributed by atoms with Gasteiger partial charge in [-0.15, -0.1) is 0 Å². The molecule has 5 heteroatoms. The minimum atomic E-state index is -0.254. The standard InChI is InChI=1S/C14H13N3O2/c1-8-3-4-9-10(7-8)12-6-5-11(9)16-13(18)15(2)14(19)17(12)16/h3-7,11-12H,1-2H3/t11-,12+/m1/s1. The van der Waals surface area contributed by atoms with Crippen molar-refractivity contribution in [1.29, 1.82) is 0 Å². The van der Waals surface area contributed by atoms with Gasteiger partial charge in [0.15, 0.2) is 0 Å². The van der Waals surface area contributed by atoms with Crippen LogP contribution >= 0.6 is 0 Å². The van der Waals surface area contributed by atoms with Crippen molar-refractivity contribution in [2.45, 2.75) is 19.0 Å². The molecule has 2 bridgehead atoms. The first kappa shape index (κ1) is 10.6. The Bertz CT molecular complexity index is 851. The lowest BCUT2D eigenvalue weighted by Gasteiger charge is -2.35. The van der Waals surface area contributed by atoms with Gasteiger partial charge < -0.3 is 0 Å². The van der Waals surface area contributed by atoms with Gasteiger partial charge in [-0.1, -0.05) is 35.9 Å². The summed E-state index contributed by atoms with van der Waals surface area (Å²) in [4.78, 5) is 24.4. The van der Waals surface area contributed by atoms with E-state index in [1.165, 1.54) is 11.6 Å². The smallest absolute Gasteiger partial charge is 0.246 e. The fourth-order valence-corrected chi connectivity index (χ4v) is 3.14. The first-order valence-electron chi connectivity index (χ1n) is 6.28. The third-order valence-corrected chi connectivity index (χ3v) is 4.08. The van der Waals surface area contributed by atoms with Crippen LogP contribution in [0, 0.1) is 6.92 Å². The monoisotopic (exact) mass is 255 g/mol. The zero-order chi connectivity index (χ0) is 13.3. The van der Waals surface area contributed by atoms with Gasteiger partial charge >= 0.3 is 11.4 Å². The maximum absolute atomic E-state index is 12.2. The van der Waals surface area contributed by atoms with Crippen LogP contribution in [0.15, 0.2) is 39.9 Å². The fourth-order valence-electron chi connectivity index (χ4n) is 3.14. The minimum Gasteiger partial charge on any atom is -0.246 e. The Balaban J connectivity index is 2.13. The highest BCUT2D eigenvalue weighted by Crippen LogP contribution is 2.39. The van der Waals surface area contributed by atoms with E-state index in [4.69, 9.17) is 0 Å². The second-order valence-electron chi connectivity index (χ2n) is 5.22. The molecule has 0 spiro atoms. The average molecular weight is 255 g/mol. The molecule has 2 aromatic rings. The molecule has 0 amide bonds. The maximum Gasteiger partial charge on any atom is 0.347 e. The first-order valence-corrected chi connectivity index (χ1v) is 6.28. The molecule has 1 aliphatic carbocycles. The van der Waals surface area contributed by atoms with Crippen LogP contribution in [0.4, 0.5) is 0 Å². The van der Waals surface area contributed by atoms with Crippen LogP contribution in [0.2, 0.25) is 0 Å². The Morgan fingerprint density at radius 3 is 2.16 bits per heavy atom. The van der Waals surface area contributed by atoms with E-state index in [0.29, 0.717) is 0 Å². The van der Waals surface area contributed by atoms with Crippen LogP contribution in [-0.4, -0.2) is 13.9 Å². The molecular formula is C14H13N3O2.